The Morgan fingerprint density at radius 2 is 2.13 bits per heavy atom. The molecule has 0 amide bonds. The maximum Gasteiger partial charge on any atom is 0.387 e. The van der Waals surface area contributed by atoms with Gasteiger partial charge in [0.1, 0.15) is 5.75 Å². The zero-order valence-electron chi connectivity index (χ0n) is 12.3. The highest BCUT2D eigenvalue weighted by molar-refractivity contribution is 7.89. The number of hydrogen-bond donors (Lipinski definition) is 2. The summed E-state index contributed by atoms with van der Waals surface area (Å²) in [6, 6.07) is 3.47. The topological polar surface area (TPSA) is 67.4 Å². The number of piperidine rings is 1. The van der Waals surface area contributed by atoms with E-state index >= 15 is 0 Å². The van der Waals surface area contributed by atoms with Gasteiger partial charge in [0.2, 0.25) is 10.0 Å². The minimum atomic E-state index is -3.76. The van der Waals surface area contributed by atoms with Crippen molar-refractivity contribution in [1.82, 2.24) is 10.0 Å². The van der Waals surface area contributed by atoms with Crippen molar-refractivity contribution in [3.8, 4) is 5.75 Å². The molecule has 2 atom stereocenters. The summed E-state index contributed by atoms with van der Waals surface area (Å²) < 4.78 is 55.8. The number of ether oxygens (including phenoxy) is 1. The molecule has 0 aliphatic carbocycles. The second-order valence-electron chi connectivity index (χ2n) is 5.17. The first-order valence-corrected chi connectivity index (χ1v) is 8.64. The van der Waals surface area contributed by atoms with Crippen LogP contribution in [0.4, 0.5) is 8.78 Å². The summed E-state index contributed by atoms with van der Waals surface area (Å²) in [5.41, 5.74) is 0. The van der Waals surface area contributed by atoms with Gasteiger partial charge in [0, 0.05) is 12.1 Å². The van der Waals surface area contributed by atoms with Crippen molar-refractivity contribution in [2.45, 2.75) is 43.4 Å². The first-order chi connectivity index (χ1) is 10.3. The van der Waals surface area contributed by atoms with E-state index in [-0.39, 0.29) is 40.2 Å². The van der Waals surface area contributed by atoms with E-state index in [0.717, 1.165) is 18.7 Å². The summed E-state index contributed by atoms with van der Waals surface area (Å²) in [5, 5.41) is 3.05. The van der Waals surface area contributed by atoms with Crippen LogP contribution in [0.5, 0.6) is 5.75 Å². The quantitative estimate of drug-likeness (QED) is 0.810. The molecule has 23 heavy (non-hydrogen) atoms. The van der Waals surface area contributed by atoms with Crippen LogP contribution in [0.25, 0.3) is 0 Å². The van der Waals surface area contributed by atoms with Gasteiger partial charge >= 0.3 is 6.61 Å². The summed E-state index contributed by atoms with van der Waals surface area (Å²) in [6.07, 6.45) is 1.36. The summed E-state index contributed by atoms with van der Waals surface area (Å²) in [5.74, 6) is -0.258. The maximum atomic E-state index is 12.3. The predicted molar refractivity (Wildman–Crippen MR) is 86.1 cm³/mol. The van der Waals surface area contributed by atoms with Crippen LogP contribution in [0.2, 0.25) is 5.02 Å². The molecular formula is C13H18Cl2F2N2O3S. The average molecular weight is 391 g/mol. The lowest BCUT2D eigenvalue weighted by Crippen LogP contribution is -2.46. The van der Waals surface area contributed by atoms with Gasteiger partial charge in [0.05, 0.1) is 9.92 Å². The Hall–Kier alpha value is -0.670. The Morgan fingerprint density at radius 1 is 1.43 bits per heavy atom. The number of sulfonamides is 1. The van der Waals surface area contributed by atoms with E-state index in [9.17, 15) is 17.2 Å². The van der Waals surface area contributed by atoms with Crippen LogP contribution in [0, 0.1) is 0 Å². The molecule has 2 N–H and O–H groups in total. The van der Waals surface area contributed by atoms with Gasteiger partial charge in [-0.25, -0.2) is 13.1 Å². The molecule has 1 aromatic rings. The zero-order valence-corrected chi connectivity index (χ0v) is 14.6. The van der Waals surface area contributed by atoms with Crippen molar-refractivity contribution in [1.29, 1.82) is 0 Å². The Bertz CT molecular complexity index is 632. The van der Waals surface area contributed by atoms with Gasteiger partial charge in [-0.3, -0.25) is 0 Å². The number of rotatable bonds is 5. The van der Waals surface area contributed by atoms with Crippen LogP contribution in [0.1, 0.15) is 19.8 Å². The van der Waals surface area contributed by atoms with Crippen LogP contribution in [0.15, 0.2) is 23.1 Å². The Labute approximate surface area is 145 Å². The monoisotopic (exact) mass is 390 g/mol. The van der Waals surface area contributed by atoms with E-state index in [1.807, 2.05) is 6.92 Å². The molecule has 0 saturated carbocycles. The Balaban J connectivity index is 0.00000264. The fourth-order valence-electron chi connectivity index (χ4n) is 2.37. The minimum absolute atomic E-state index is 0. The third-order valence-electron chi connectivity index (χ3n) is 3.38. The smallest absolute Gasteiger partial charge is 0.387 e. The maximum absolute atomic E-state index is 12.3. The molecule has 0 bridgehead atoms. The third kappa shape index (κ3) is 5.72. The first-order valence-electron chi connectivity index (χ1n) is 6.78. The lowest BCUT2D eigenvalue weighted by molar-refractivity contribution is -0.0498. The van der Waals surface area contributed by atoms with Crippen LogP contribution >= 0.6 is 24.0 Å². The molecule has 1 aliphatic heterocycles. The average Bonchev–Trinajstić information content (AvgIpc) is 2.40. The molecule has 1 fully saturated rings. The van der Waals surface area contributed by atoms with Crippen molar-refractivity contribution in [2.75, 3.05) is 6.54 Å². The van der Waals surface area contributed by atoms with Crippen molar-refractivity contribution in [3.63, 3.8) is 0 Å². The second-order valence-corrected chi connectivity index (χ2v) is 7.29. The largest absolute Gasteiger partial charge is 0.433 e. The Kier molecular flexibility index (Phi) is 7.47. The fourth-order valence-corrected chi connectivity index (χ4v) is 3.97. The number of benzene rings is 1. The summed E-state index contributed by atoms with van der Waals surface area (Å²) in [4.78, 5) is -0.0784. The number of nitrogens with one attached hydrogen (secondary N) is 2. The normalized spacial score (nSPS) is 21.8. The molecule has 2 unspecified atom stereocenters. The van der Waals surface area contributed by atoms with E-state index in [1.165, 1.54) is 6.07 Å². The van der Waals surface area contributed by atoms with E-state index in [4.69, 9.17) is 11.6 Å². The molecule has 5 nitrogen and oxygen atoms in total. The lowest BCUT2D eigenvalue weighted by atomic mass is 10.0. The van der Waals surface area contributed by atoms with E-state index in [0.29, 0.717) is 12.8 Å². The third-order valence-corrected chi connectivity index (χ3v) is 5.19. The van der Waals surface area contributed by atoms with Gasteiger partial charge in [-0.05, 0) is 44.5 Å². The van der Waals surface area contributed by atoms with Gasteiger partial charge in [-0.1, -0.05) is 11.6 Å². The number of halogens is 4. The molecule has 1 aromatic carbocycles. The number of alkyl halides is 2. The van der Waals surface area contributed by atoms with Crippen LogP contribution < -0.4 is 14.8 Å². The van der Waals surface area contributed by atoms with Gasteiger partial charge in [-0.15, -0.1) is 12.4 Å². The van der Waals surface area contributed by atoms with Gasteiger partial charge < -0.3 is 10.1 Å². The van der Waals surface area contributed by atoms with Crippen molar-refractivity contribution < 1.29 is 21.9 Å². The minimum Gasteiger partial charge on any atom is -0.433 e. The summed E-state index contributed by atoms with van der Waals surface area (Å²) in [7, 11) is -3.76. The van der Waals surface area contributed by atoms with Gasteiger partial charge in [-0.2, -0.15) is 8.78 Å². The highest BCUT2D eigenvalue weighted by Crippen LogP contribution is 2.28. The molecule has 1 saturated heterocycles. The lowest BCUT2D eigenvalue weighted by Gasteiger charge is -2.28. The van der Waals surface area contributed by atoms with Gasteiger partial charge in [0.25, 0.3) is 0 Å². The molecule has 10 heteroatoms. The second kappa shape index (κ2) is 8.43. The molecular weight excluding hydrogens is 373 g/mol. The first kappa shape index (κ1) is 20.4. The van der Waals surface area contributed by atoms with Crippen molar-refractivity contribution in [3.05, 3.63) is 23.2 Å². The molecule has 132 valence electrons. The van der Waals surface area contributed by atoms with E-state index in [2.05, 4.69) is 14.8 Å². The summed E-state index contributed by atoms with van der Waals surface area (Å²) >= 11 is 5.78. The van der Waals surface area contributed by atoms with E-state index in [1.54, 1.807) is 0 Å². The van der Waals surface area contributed by atoms with Gasteiger partial charge in [0.15, 0.2) is 0 Å². The standard InChI is InChI=1S/C13H17ClF2N2O3S.ClH/c1-8-6-9(4-5-17-8)18-22(19,20)10-2-3-12(11(14)7-10)21-13(15)16;/h2-3,7-9,13,17-18H,4-6H2,1H3;1H. The highest BCUT2D eigenvalue weighted by atomic mass is 35.5. The summed E-state index contributed by atoms with van der Waals surface area (Å²) in [6.45, 7) is -0.307. The predicted octanol–water partition coefficient (Wildman–Crippen LogP) is 2.78. The van der Waals surface area contributed by atoms with Crippen LogP contribution in [0.3, 0.4) is 0 Å². The molecule has 2 rings (SSSR count). The number of hydrogen-bond acceptors (Lipinski definition) is 4. The van der Waals surface area contributed by atoms with Crippen molar-refractivity contribution >= 4 is 34.0 Å². The van der Waals surface area contributed by atoms with Crippen molar-refractivity contribution in [2.24, 2.45) is 0 Å². The SMILES string of the molecule is CC1CC(NS(=O)(=O)c2ccc(OC(F)F)c(Cl)c2)CCN1.Cl. The molecule has 1 heterocycles. The van der Waals surface area contributed by atoms with Crippen LogP contribution in [-0.2, 0) is 10.0 Å². The Morgan fingerprint density at radius 3 is 2.70 bits per heavy atom. The molecule has 0 aromatic heterocycles. The molecule has 0 radical (unpaired) electrons. The molecule has 0 spiro atoms. The molecule has 1 aliphatic rings. The van der Waals surface area contributed by atoms with Crippen LogP contribution in [-0.4, -0.2) is 33.7 Å². The fraction of sp³-hybridized carbons (Fsp3) is 0.538. The highest BCUT2D eigenvalue weighted by Gasteiger charge is 2.25. The van der Waals surface area contributed by atoms with E-state index < -0.39 is 16.6 Å². The zero-order chi connectivity index (χ0) is 16.3.